The number of aryl methyl sites for hydroxylation is 1. The van der Waals surface area contributed by atoms with Crippen LogP contribution in [0.5, 0.6) is 0 Å². The highest BCUT2D eigenvalue weighted by atomic mass is 15.4. The second kappa shape index (κ2) is 4.34. The van der Waals surface area contributed by atoms with Gasteiger partial charge in [-0.25, -0.2) is 4.68 Å². The average Bonchev–Trinajstić information content (AvgIpc) is 2.70. The van der Waals surface area contributed by atoms with E-state index in [2.05, 4.69) is 57.2 Å². The highest BCUT2D eigenvalue weighted by molar-refractivity contribution is 5.21. The van der Waals surface area contributed by atoms with Gasteiger partial charge in [0.25, 0.3) is 0 Å². The van der Waals surface area contributed by atoms with Crippen LogP contribution in [0.3, 0.4) is 0 Å². The molecule has 18 heavy (non-hydrogen) atoms. The first kappa shape index (κ1) is 13.5. The van der Waals surface area contributed by atoms with Crippen LogP contribution in [-0.4, -0.2) is 21.5 Å². The summed E-state index contributed by atoms with van der Waals surface area (Å²) in [4.78, 5) is 0. The van der Waals surface area contributed by atoms with Crippen LogP contribution in [0.2, 0.25) is 0 Å². The molecule has 0 aliphatic heterocycles. The minimum absolute atomic E-state index is 0.356. The smallest absolute Gasteiger partial charge is 0.0759 e. The van der Waals surface area contributed by atoms with Crippen LogP contribution in [0, 0.1) is 16.7 Å². The van der Waals surface area contributed by atoms with E-state index in [1.165, 1.54) is 5.69 Å². The molecule has 0 bridgehead atoms. The molecule has 1 aliphatic carbocycles. The molecule has 1 unspecified atom stereocenters. The van der Waals surface area contributed by atoms with Crippen LogP contribution in [0.25, 0.3) is 0 Å². The maximum absolute atomic E-state index is 4.17. The summed E-state index contributed by atoms with van der Waals surface area (Å²) in [5.41, 5.74) is 1.95. The number of aromatic nitrogens is 3. The van der Waals surface area contributed by atoms with E-state index in [-0.39, 0.29) is 0 Å². The van der Waals surface area contributed by atoms with Crippen LogP contribution in [0.15, 0.2) is 6.20 Å². The first-order valence-electron chi connectivity index (χ1n) is 6.99. The van der Waals surface area contributed by atoms with Crippen molar-refractivity contribution in [1.29, 1.82) is 0 Å². The summed E-state index contributed by atoms with van der Waals surface area (Å²) >= 11 is 0. The van der Waals surface area contributed by atoms with Gasteiger partial charge in [0.05, 0.1) is 17.9 Å². The molecule has 1 atom stereocenters. The third-order valence-corrected chi connectivity index (χ3v) is 5.16. The van der Waals surface area contributed by atoms with Gasteiger partial charge in [-0.1, -0.05) is 39.8 Å². The Bertz CT molecular complexity index is 405. The predicted octanol–water partition coefficient (Wildman–Crippen LogP) is 2.63. The number of hydrogen-bond donors (Lipinski definition) is 1. The summed E-state index contributed by atoms with van der Waals surface area (Å²) in [6.45, 7) is 15.6. The maximum Gasteiger partial charge on any atom is 0.0759 e. The Morgan fingerprint density at radius 3 is 2.33 bits per heavy atom. The summed E-state index contributed by atoms with van der Waals surface area (Å²) in [6, 6.07) is 0.356. The van der Waals surface area contributed by atoms with Crippen molar-refractivity contribution in [2.24, 2.45) is 16.7 Å². The molecule has 0 radical (unpaired) electrons. The SMILES string of the molecule is CCNC(c1cnnn1CC)C1C(C)(C)C1(C)C. The van der Waals surface area contributed by atoms with Crippen molar-refractivity contribution >= 4 is 0 Å². The van der Waals surface area contributed by atoms with Crippen LogP contribution in [0.4, 0.5) is 0 Å². The van der Waals surface area contributed by atoms with Crippen LogP contribution >= 0.6 is 0 Å². The molecule has 0 saturated heterocycles. The summed E-state index contributed by atoms with van der Waals surface area (Å²) in [5, 5.41) is 11.9. The number of rotatable bonds is 5. The molecule has 1 heterocycles. The highest BCUT2D eigenvalue weighted by Crippen LogP contribution is 2.72. The minimum Gasteiger partial charge on any atom is -0.309 e. The predicted molar refractivity (Wildman–Crippen MR) is 73.2 cm³/mol. The average molecular weight is 250 g/mol. The zero-order valence-corrected chi connectivity index (χ0v) is 12.5. The normalized spacial score (nSPS) is 23.0. The third-order valence-electron chi connectivity index (χ3n) is 5.16. The molecule has 4 nitrogen and oxygen atoms in total. The molecule has 1 aliphatic rings. The molecule has 1 N–H and O–H groups in total. The van der Waals surface area contributed by atoms with Crippen molar-refractivity contribution in [1.82, 2.24) is 20.3 Å². The lowest BCUT2D eigenvalue weighted by molar-refractivity contribution is 0.390. The lowest BCUT2D eigenvalue weighted by Gasteiger charge is -2.20. The summed E-state index contributed by atoms with van der Waals surface area (Å²) < 4.78 is 2.01. The van der Waals surface area contributed by atoms with Crippen molar-refractivity contribution < 1.29 is 0 Å². The Kier molecular flexibility index (Phi) is 3.26. The van der Waals surface area contributed by atoms with E-state index >= 15 is 0 Å². The van der Waals surface area contributed by atoms with E-state index in [9.17, 15) is 0 Å². The molecular formula is C14H26N4. The first-order chi connectivity index (χ1) is 8.37. The van der Waals surface area contributed by atoms with E-state index in [0.29, 0.717) is 22.8 Å². The molecule has 1 aromatic rings. The molecule has 0 amide bonds. The molecule has 1 saturated carbocycles. The van der Waals surface area contributed by atoms with Gasteiger partial charge < -0.3 is 5.32 Å². The zero-order valence-electron chi connectivity index (χ0n) is 12.5. The monoisotopic (exact) mass is 250 g/mol. The fraction of sp³-hybridized carbons (Fsp3) is 0.857. The molecule has 0 spiro atoms. The van der Waals surface area contributed by atoms with Crippen LogP contribution < -0.4 is 5.32 Å². The fourth-order valence-corrected chi connectivity index (χ4v) is 3.45. The number of nitrogens with one attached hydrogen (secondary N) is 1. The first-order valence-corrected chi connectivity index (χ1v) is 6.99. The Morgan fingerprint density at radius 1 is 1.28 bits per heavy atom. The van der Waals surface area contributed by atoms with Crippen molar-refractivity contribution in [2.75, 3.05) is 6.54 Å². The lowest BCUT2D eigenvalue weighted by atomic mass is 10.0. The van der Waals surface area contributed by atoms with Crippen molar-refractivity contribution in [3.8, 4) is 0 Å². The van der Waals surface area contributed by atoms with Crippen molar-refractivity contribution in [3.05, 3.63) is 11.9 Å². The van der Waals surface area contributed by atoms with E-state index in [4.69, 9.17) is 0 Å². The maximum atomic E-state index is 4.17. The zero-order chi connectivity index (χ0) is 13.6. The van der Waals surface area contributed by atoms with Gasteiger partial charge in [-0.15, -0.1) is 5.10 Å². The molecule has 4 heteroatoms. The van der Waals surface area contributed by atoms with Crippen LogP contribution in [-0.2, 0) is 6.54 Å². The fourth-order valence-electron chi connectivity index (χ4n) is 3.45. The van der Waals surface area contributed by atoms with Gasteiger partial charge in [-0.2, -0.15) is 0 Å². The van der Waals surface area contributed by atoms with Gasteiger partial charge >= 0.3 is 0 Å². The van der Waals surface area contributed by atoms with Gasteiger partial charge in [-0.05, 0) is 30.2 Å². The Labute approximate surface area is 110 Å². The quantitative estimate of drug-likeness (QED) is 0.873. The molecule has 2 rings (SSSR count). The second-order valence-electron chi connectivity index (χ2n) is 6.43. The van der Waals surface area contributed by atoms with E-state index < -0.39 is 0 Å². The molecule has 1 fully saturated rings. The highest BCUT2D eigenvalue weighted by Gasteiger charge is 2.67. The van der Waals surface area contributed by atoms with Gasteiger partial charge in [0.2, 0.25) is 0 Å². The summed E-state index contributed by atoms with van der Waals surface area (Å²) in [6.07, 6.45) is 1.92. The van der Waals surface area contributed by atoms with Gasteiger partial charge in [0, 0.05) is 6.54 Å². The summed E-state index contributed by atoms with van der Waals surface area (Å²) in [5.74, 6) is 0.633. The topological polar surface area (TPSA) is 42.7 Å². The second-order valence-corrected chi connectivity index (χ2v) is 6.43. The third kappa shape index (κ3) is 1.78. The molecule has 1 aromatic heterocycles. The number of nitrogens with zero attached hydrogens (tertiary/aromatic N) is 3. The van der Waals surface area contributed by atoms with Crippen LogP contribution in [0.1, 0.15) is 53.3 Å². The van der Waals surface area contributed by atoms with Crippen molar-refractivity contribution in [3.63, 3.8) is 0 Å². The van der Waals surface area contributed by atoms with E-state index in [0.717, 1.165) is 13.1 Å². The molecule has 0 aromatic carbocycles. The standard InChI is InChI=1S/C14H26N4/c1-7-15-11(10-9-16-17-18(10)8-2)12-13(3,4)14(12,5)6/h9,11-12,15H,7-8H2,1-6H3. The van der Waals surface area contributed by atoms with E-state index in [1.807, 2.05) is 10.9 Å². The van der Waals surface area contributed by atoms with Gasteiger partial charge in [0.15, 0.2) is 0 Å². The Morgan fingerprint density at radius 2 is 1.89 bits per heavy atom. The number of hydrogen-bond acceptors (Lipinski definition) is 3. The lowest BCUT2D eigenvalue weighted by Crippen LogP contribution is -2.27. The van der Waals surface area contributed by atoms with Crippen molar-refractivity contribution in [2.45, 2.75) is 54.1 Å². The van der Waals surface area contributed by atoms with E-state index in [1.54, 1.807) is 0 Å². The Hall–Kier alpha value is -0.900. The largest absolute Gasteiger partial charge is 0.309 e. The van der Waals surface area contributed by atoms with Gasteiger partial charge in [-0.3, -0.25) is 0 Å². The Balaban J connectivity index is 2.31. The summed E-state index contributed by atoms with van der Waals surface area (Å²) in [7, 11) is 0. The molecular weight excluding hydrogens is 224 g/mol. The molecule has 102 valence electrons. The van der Waals surface area contributed by atoms with Gasteiger partial charge in [0.1, 0.15) is 0 Å². The minimum atomic E-state index is 0.356.